The second kappa shape index (κ2) is 6.93. The summed E-state index contributed by atoms with van der Waals surface area (Å²) in [4.78, 5) is 14.2. The van der Waals surface area contributed by atoms with Gasteiger partial charge in [-0.2, -0.15) is 4.31 Å². The molecule has 1 aromatic heterocycles. The number of rotatable bonds is 4. The number of aryl methyl sites for hydroxylation is 2. The molecule has 2 aromatic rings. The highest BCUT2D eigenvalue weighted by Crippen LogP contribution is 2.32. The number of hydrogen-bond donors (Lipinski definition) is 0. The van der Waals surface area contributed by atoms with Gasteiger partial charge in [-0.15, -0.1) is 11.3 Å². The zero-order valence-electron chi connectivity index (χ0n) is 14.3. The smallest absolute Gasteiger partial charge is 0.292 e. The molecular weight excluding hydrogens is 381 g/mol. The Hall–Kier alpha value is -2.04. The van der Waals surface area contributed by atoms with Crippen LogP contribution in [0.4, 0.5) is 15.8 Å². The molecule has 1 aromatic carbocycles. The van der Waals surface area contributed by atoms with E-state index in [1.807, 2.05) is 6.92 Å². The number of hydrogen-bond acceptors (Lipinski definition) is 6. The molecule has 0 amide bonds. The maximum Gasteiger partial charge on any atom is 0.292 e. The van der Waals surface area contributed by atoms with Crippen molar-refractivity contribution in [3.8, 4) is 0 Å². The van der Waals surface area contributed by atoms with Crippen LogP contribution in [0.15, 0.2) is 29.2 Å². The molecule has 1 saturated heterocycles. The predicted octanol–water partition coefficient (Wildman–Crippen LogP) is 2.92. The van der Waals surface area contributed by atoms with Crippen molar-refractivity contribution in [3.05, 3.63) is 50.0 Å². The van der Waals surface area contributed by atoms with E-state index >= 15 is 0 Å². The van der Waals surface area contributed by atoms with E-state index in [1.54, 1.807) is 17.9 Å². The summed E-state index contributed by atoms with van der Waals surface area (Å²) in [5.41, 5.74) is -0.0124. The van der Waals surface area contributed by atoms with Gasteiger partial charge in [0.2, 0.25) is 10.0 Å². The molecule has 26 heavy (non-hydrogen) atoms. The first-order valence-electron chi connectivity index (χ1n) is 7.96. The first-order chi connectivity index (χ1) is 12.2. The maximum atomic E-state index is 13.5. The minimum atomic E-state index is -3.60. The summed E-state index contributed by atoms with van der Waals surface area (Å²) in [5, 5.41) is 11.2. The molecule has 0 radical (unpaired) electrons. The van der Waals surface area contributed by atoms with Crippen LogP contribution in [0.3, 0.4) is 0 Å². The van der Waals surface area contributed by atoms with E-state index in [-0.39, 0.29) is 37.6 Å². The van der Waals surface area contributed by atoms with Gasteiger partial charge < -0.3 is 4.90 Å². The van der Waals surface area contributed by atoms with Gasteiger partial charge in [-0.1, -0.05) is 0 Å². The molecule has 0 spiro atoms. The number of nitrogens with zero attached hydrogens (tertiary/aromatic N) is 3. The van der Waals surface area contributed by atoms with Gasteiger partial charge in [0, 0.05) is 48.1 Å². The molecule has 0 bridgehead atoms. The van der Waals surface area contributed by atoms with Gasteiger partial charge >= 0.3 is 0 Å². The molecule has 0 aliphatic carbocycles. The molecule has 7 nitrogen and oxygen atoms in total. The van der Waals surface area contributed by atoms with Gasteiger partial charge in [-0.05, 0) is 26.0 Å². The number of sulfonamides is 1. The van der Waals surface area contributed by atoms with Crippen molar-refractivity contribution in [2.45, 2.75) is 18.7 Å². The number of thiophene rings is 1. The van der Waals surface area contributed by atoms with Crippen LogP contribution in [0, 0.1) is 29.8 Å². The van der Waals surface area contributed by atoms with Crippen molar-refractivity contribution in [2.75, 3.05) is 31.1 Å². The predicted molar refractivity (Wildman–Crippen MR) is 97.8 cm³/mol. The Balaban J connectivity index is 1.81. The van der Waals surface area contributed by atoms with Crippen LogP contribution < -0.4 is 4.90 Å². The molecule has 0 atom stereocenters. The first kappa shape index (κ1) is 18.7. The van der Waals surface area contributed by atoms with Crippen molar-refractivity contribution in [2.24, 2.45) is 0 Å². The summed E-state index contributed by atoms with van der Waals surface area (Å²) >= 11 is 1.43. The number of nitro benzene ring substituents is 1. The van der Waals surface area contributed by atoms with Crippen LogP contribution in [0.2, 0.25) is 0 Å². The van der Waals surface area contributed by atoms with Crippen LogP contribution >= 0.6 is 11.3 Å². The fourth-order valence-electron chi connectivity index (χ4n) is 3.08. The normalized spacial score (nSPS) is 16.0. The van der Waals surface area contributed by atoms with Gasteiger partial charge in [-0.3, -0.25) is 10.1 Å². The molecule has 2 heterocycles. The largest absolute Gasteiger partial charge is 0.363 e. The highest BCUT2D eigenvalue weighted by molar-refractivity contribution is 7.89. The third-order valence-electron chi connectivity index (χ3n) is 4.33. The zero-order valence-corrected chi connectivity index (χ0v) is 15.9. The van der Waals surface area contributed by atoms with E-state index in [4.69, 9.17) is 0 Å². The fourth-order valence-corrected chi connectivity index (χ4v) is 6.02. The SMILES string of the molecule is Cc1cc(S(=O)(=O)N2CCN(c3cc(F)ccc3[N+](=O)[O-])CC2)c(C)s1. The summed E-state index contributed by atoms with van der Waals surface area (Å²) in [6.07, 6.45) is 0. The Morgan fingerprint density at radius 3 is 2.35 bits per heavy atom. The van der Waals surface area contributed by atoms with Gasteiger partial charge in [0.15, 0.2) is 0 Å². The van der Waals surface area contributed by atoms with E-state index in [9.17, 15) is 22.9 Å². The van der Waals surface area contributed by atoms with Crippen LogP contribution in [0.1, 0.15) is 9.75 Å². The second-order valence-electron chi connectivity index (χ2n) is 6.06. The van der Waals surface area contributed by atoms with Crippen molar-refractivity contribution in [3.63, 3.8) is 0 Å². The zero-order chi connectivity index (χ0) is 19.1. The molecule has 1 fully saturated rings. The number of nitro groups is 1. The lowest BCUT2D eigenvalue weighted by Crippen LogP contribution is -2.48. The molecule has 0 N–H and O–H groups in total. The molecular formula is C16H18FN3O4S2. The van der Waals surface area contributed by atoms with Crippen LogP contribution in [-0.2, 0) is 10.0 Å². The summed E-state index contributed by atoms with van der Waals surface area (Å²) in [7, 11) is -3.60. The fraction of sp³-hybridized carbons (Fsp3) is 0.375. The molecule has 140 valence electrons. The first-order valence-corrected chi connectivity index (χ1v) is 10.2. The minimum absolute atomic E-state index is 0.176. The third kappa shape index (κ3) is 3.44. The Morgan fingerprint density at radius 1 is 1.15 bits per heavy atom. The number of piperazine rings is 1. The molecule has 1 aliphatic heterocycles. The van der Waals surface area contributed by atoms with Crippen molar-refractivity contribution < 1.29 is 17.7 Å². The lowest BCUT2D eigenvalue weighted by atomic mass is 10.2. The van der Waals surface area contributed by atoms with Gasteiger partial charge in [-0.25, -0.2) is 12.8 Å². The monoisotopic (exact) mass is 399 g/mol. The van der Waals surface area contributed by atoms with Crippen LogP contribution in [0.5, 0.6) is 0 Å². The Labute approximate surface area is 154 Å². The van der Waals surface area contributed by atoms with E-state index < -0.39 is 20.8 Å². The average Bonchev–Trinajstić information content (AvgIpc) is 2.94. The van der Waals surface area contributed by atoms with Gasteiger partial charge in [0.1, 0.15) is 11.5 Å². The summed E-state index contributed by atoms with van der Waals surface area (Å²) in [6, 6.07) is 4.96. The van der Waals surface area contributed by atoms with Crippen molar-refractivity contribution >= 4 is 32.7 Å². The second-order valence-corrected chi connectivity index (χ2v) is 9.43. The molecule has 0 unspecified atom stereocenters. The van der Waals surface area contributed by atoms with Gasteiger partial charge in [0.25, 0.3) is 5.69 Å². The number of halogens is 1. The van der Waals surface area contributed by atoms with Gasteiger partial charge in [0.05, 0.1) is 9.82 Å². The number of benzene rings is 1. The minimum Gasteiger partial charge on any atom is -0.363 e. The summed E-state index contributed by atoms with van der Waals surface area (Å²) in [5.74, 6) is -0.565. The van der Waals surface area contributed by atoms with E-state index in [0.717, 1.165) is 28.0 Å². The Kier molecular flexibility index (Phi) is 5.00. The lowest BCUT2D eigenvalue weighted by molar-refractivity contribution is -0.384. The molecule has 0 saturated carbocycles. The van der Waals surface area contributed by atoms with E-state index in [2.05, 4.69) is 0 Å². The average molecular weight is 399 g/mol. The van der Waals surface area contributed by atoms with E-state index in [1.165, 1.54) is 15.6 Å². The van der Waals surface area contributed by atoms with E-state index in [0.29, 0.717) is 4.90 Å². The lowest BCUT2D eigenvalue weighted by Gasteiger charge is -2.35. The standard InChI is InChI=1S/C16H18FN3O4S2/c1-11-9-16(12(2)25-11)26(23,24)19-7-5-18(6-8-19)15-10-13(17)3-4-14(15)20(21)22/h3-4,9-10H,5-8H2,1-2H3. The quantitative estimate of drug-likeness (QED) is 0.583. The molecule has 1 aliphatic rings. The Morgan fingerprint density at radius 2 is 1.81 bits per heavy atom. The van der Waals surface area contributed by atoms with Crippen molar-refractivity contribution in [1.82, 2.24) is 4.31 Å². The highest BCUT2D eigenvalue weighted by Gasteiger charge is 2.32. The van der Waals surface area contributed by atoms with Crippen molar-refractivity contribution in [1.29, 1.82) is 0 Å². The van der Waals surface area contributed by atoms with Crippen LogP contribution in [-0.4, -0.2) is 43.8 Å². The Bertz CT molecular complexity index is 950. The highest BCUT2D eigenvalue weighted by atomic mass is 32.2. The maximum absolute atomic E-state index is 13.5. The summed E-state index contributed by atoms with van der Waals surface area (Å²) in [6.45, 7) is 4.51. The molecule has 3 rings (SSSR count). The molecule has 10 heteroatoms. The topological polar surface area (TPSA) is 83.8 Å². The van der Waals surface area contributed by atoms with Crippen LogP contribution in [0.25, 0.3) is 0 Å². The third-order valence-corrected chi connectivity index (χ3v) is 7.45. The summed E-state index contributed by atoms with van der Waals surface area (Å²) < 4.78 is 40.6. The number of anilines is 1.